The molecule has 0 aliphatic carbocycles. The molecule has 6 nitrogen and oxygen atoms in total. The predicted octanol–water partition coefficient (Wildman–Crippen LogP) is 3.66. The average Bonchev–Trinajstić information content (AvgIpc) is 3.03. The number of rotatable bonds is 7. The summed E-state index contributed by atoms with van der Waals surface area (Å²) < 4.78 is 5.81. The van der Waals surface area contributed by atoms with Gasteiger partial charge in [-0.2, -0.15) is 0 Å². The Morgan fingerprint density at radius 2 is 1.88 bits per heavy atom. The highest BCUT2D eigenvalue weighted by Crippen LogP contribution is 2.24. The summed E-state index contributed by atoms with van der Waals surface area (Å²) in [6.07, 6.45) is 0.802. The van der Waals surface area contributed by atoms with E-state index in [9.17, 15) is 9.59 Å². The molecule has 0 saturated carbocycles. The first-order chi connectivity index (χ1) is 12.4. The number of likely N-dealkylation sites (N-methyl/N-ethyl adjacent to an activating group) is 1. The summed E-state index contributed by atoms with van der Waals surface area (Å²) in [5.41, 5.74) is 0.933. The van der Waals surface area contributed by atoms with Crippen LogP contribution in [0.3, 0.4) is 0 Å². The van der Waals surface area contributed by atoms with Crippen LogP contribution in [-0.4, -0.2) is 36.5 Å². The number of nitrogens with one attached hydrogen (secondary N) is 2. The number of hydrogen-bond donors (Lipinski definition) is 2. The maximum absolute atomic E-state index is 11.9. The van der Waals surface area contributed by atoms with E-state index < -0.39 is 6.03 Å². The Kier molecular flexibility index (Phi) is 7.24. The number of carbonyl (C=O) groups is 2. The first-order valence-electron chi connectivity index (χ1n) is 8.51. The molecule has 0 aliphatic heterocycles. The van der Waals surface area contributed by atoms with E-state index in [2.05, 4.69) is 10.6 Å². The molecule has 1 heterocycles. The van der Waals surface area contributed by atoms with Crippen molar-refractivity contribution in [2.75, 3.05) is 13.6 Å². The second-order valence-corrected chi connectivity index (χ2v) is 6.71. The van der Waals surface area contributed by atoms with E-state index in [-0.39, 0.29) is 18.5 Å². The zero-order chi connectivity index (χ0) is 19.1. The first-order valence-corrected chi connectivity index (χ1v) is 8.88. The second kappa shape index (κ2) is 9.40. The smallest absolute Gasteiger partial charge is 0.321 e. The molecule has 1 aromatic heterocycles. The molecule has 3 amide bonds. The van der Waals surface area contributed by atoms with Gasteiger partial charge in [0.05, 0.1) is 13.1 Å². The summed E-state index contributed by atoms with van der Waals surface area (Å²) in [4.78, 5) is 25.4. The average molecular weight is 378 g/mol. The molecule has 1 atom stereocenters. The lowest BCUT2D eigenvalue weighted by molar-refractivity contribution is -0.121. The monoisotopic (exact) mass is 377 g/mol. The third kappa shape index (κ3) is 6.20. The van der Waals surface area contributed by atoms with Gasteiger partial charge in [0.25, 0.3) is 0 Å². The summed E-state index contributed by atoms with van der Waals surface area (Å²) in [5.74, 6) is 1.11. The molecule has 7 heteroatoms. The third-order valence-corrected chi connectivity index (χ3v) is 4.12. The van der Waals surface area contributed by atoms with Crippen LogP contribution in [0.5, 0.6) is 0 Å². The Hall–Kier alpha value is -2.31. The lowest BCUT2D eigenvalue weighted by Gasteiger charge is -2.16. The van der Waals surface area contributed by atoms with Gasteiger partial charge in [0.1, 0.15) is 11.5 Å². The van der Waals surface area contributed by atoms with Gasteiger partial charge in [0.2, 0.25) is 5.91 Å². The topological polar surface area (TPSA) is 74.6 Å². The minimum atomic E-state index is -0.472. The molecule has 0 aliphatic rings. The number of amides is 3. The number of halogens is 1. The van der Waals surface area contributed by atoms with Gasteiger partial charge in [-0.25, -0.2) is 4.79 Å². The Morgan fingerprint density at radius 1 is 1.19 bits per heavy atom. The van der Waals surface area contributed by atoms with Gasteiger partial charge in [0, 0.05) is 16.6 Å². The summed E-state index contributed by atoms with van der Waals surface area (Å²) in [7, 11) is 1.79. The molecule has 2 N–H and O–H groups in total. The van der Waals surface area contributed by atoms with E-state index in [0.717, 1.165) is 23.5 Å². The Labute approximate surface area is 158 Å². The van der Waals surface area contributed by atoms with E-state index in [1.807, 2.05) is 38.1 Å². The van der Waals surface area contributed by atoms with Gasteiger partial charge in [-0.3, -0.25) is 15.0 Å². The molecule has 0 fully saturated rings. The van der Waals surface area contributed by atoms with Crippen molar-refractivity contribution in [1.82, 2.24) is 15.5 Å². The maximum atomic E-state index is 11.9. The summed E-state index contributed by atoms with van der Waals surface area (Å²) >= 11 is 5.89. The molecular weight excluding hydrogens is 354 g/mol. The van der Waals surface area contributed by atoms with Crippen LogP contribution in [0, 0.1) is 0 Å². The highest BCUT2D eigenvalue weighted by atomic mass is 35.5. The van der Waals surface area contributed by atoms with Gasteiger partial charge >= 0.3 is 6.03 Å². The Morgan fingerprint density at radius 3 is 2.54 bits per heavy atom. The highest BCUT2D eigenvalue weighted by Gasteiger charge is 2.13. The van der Waals surface area contributed by atoms with E-state index in [1.54, 1.807) is 24.1 Å². The summed E-state index contributed by atoms with van der Waals surface area (Å²) in [5, 5.41) is 5.69. The fourth-order valence-corrected chi connectivity index (χ4v) is 2.45. The number of benzene rings is 1. The lowest BCUT2D eigenvalue weighted by atomic mass is 10.2. The van der Waals surface area contributed by atoms with E-state index >= 15 is 0 Å². The van der Waals surface area contributed by atoms with Crippen LogP contribution < -0.4 is 10.6 Å². The molecular formula is C19H24ClN3O3. The van der Waals surface area contributed by atoms with Crippen molar-refractivity contribution in [3.8, 4) is 11.3 Å². The van der Waals surface area contributed by atoms with Gasteiger partial charge in [-0.1, -0.05) is 18.5 Å². The number of furan rings is 1. The molecule has 2 rings (SSSR count). The molecule has 2 aromatic rings. The molecule has 0 saturated heterocycles. The SMILES string of the molecule is CC[C@H](C)NC(=O)NC(=O)CN(C)Cc1ccc(-c2ccc(Cl)cc2)o1. The molecule has 0 spiro atoms. The van der Waals surface area contributed by atoms with Gasteiger partial charge < -0.3 is 9.73 Å². The minimum Gasteiger partial charge on any atom is -0.460 e. The van der Waals surface area contributed by atoms with E-state index in [4.69, 9.17) is 16.0 Å². The minimum absolute atomic E-state index is 0.0231. The van der Waals surface area contributed by atoms with Gasteiger partial charge in [0.15, 0.2) is 0 Å². The predicted molar refractivity (Wildman–Crippen MR) is 102 cm³/mol. The number of nitrogens with zero attached hydrogens (tertiary/aromatic N) is 1. The zero-order valence-electron chi connectivity index (χ0n) is 15.2. The zero-order valence-corrected chi connectivity index (χ0v) is 16.0. The molecule has 140 valence electrons. The molecule has 1 aromatic carbocycles. The van der Waals surface area contributed by atoms with Crippen molar-refractivity contribution >= 4 is 23.5 Å². The molecule has 0 radical (unpaired) electrons. The van der Waals surface area contributed by atoms with E-state index in [0.29, 0.717) is 11.6 Å². The number of carbonyl (C=O) groups excluding carboxylic acids is 2. The van der Waals surface area contributed by atoms with Crippen LogP contribution in [0.25, 0.3) is 11.3 Å². The third-order valence-electron chi connectivity index (χ3n) is 3.87. The largest absolute Gasteiger partial charge is 0.460 e. The van der Waals surface area contributed by atoms with Crippen LogP contribution in [0.1, 0.15) is 26.0 Å². The molecule has 26 heavy (non-hydrogen) atoms. The van der Waals surface area contributed by atoms with Gasteiger partial charge in [-0.05, 0) is 56.8 Å². The first kappa shape index (κ1) is 20.0. The normalized spacial score (nSPS) is 12.0. The summed E-state index contributed by atoms with van der Waals surface area (Å²) in [6, 6.07) is 10.7. The van der Waals surface area contributed by atoms with Crippen LogP contribution in [-0.2, 0) is 11.3 Å². The number of imide groups is 1. The van der Waals surface area contributed by atoms with Crippen LogP contribution in [0.4, 0.5) is 4.79 Å². The fraction of sp³-hybridized carbons (Fsp3) is 0.368. The molecule has 0 unspecified atom stereocenters. The lowest BCUT2D eigenvalue weighted by Crippen LogP contribution is -2.46. The van der Waals surface area contributed by atoms with Crippen molar-refractivity contribution in [3.63, 3.8) is 0 Å². The summed E-state index contributed by atoms with van der Waals surface area (Å²) in [6.45, 7) is 4.38. The Bertz CT molecular complexity index is 743. The van der Waals surface area contributed by atoms with Crippen LogP contribution in [0.15, 0.2) is 40.8 Å². The van der Waals surface area contributed by atoms with Crippen LogP contribution in [0.2, 0.25) is 5.02 Å². The molecule has 0 bridgehead atoms. The highest BCUT2D eigenvalue weighted by molar-refractivity contribution is 6.30. The van der Waals surface area contributed by atoms with Crippen LogP contribution >= 0.6 is 11.6 Å². The number of hydrogen-bond acceptors (Lipinski definition) is 4. The second-order valence-electron chi connectivity index (χ2n) is 6.28. The van der Waals surface area contributed by atoms with Crippen molar-refractivity contribution in [2.24, 2.45) is 0 Å². The van der Waals surface area contributed by atoms with Crippen molar-refractivity contribution in [1.29, 1.82) is 0 Å². The maximum Gasteiger partial charge on any atom is 0.321 e. The van der Waals surface area contributed by atoms with E-state index in [1.165, 1.54) is 0 Å². The van der Waals surface area contributed by atoms with Crippen molar-refractivity contribution in [3.05, 3.63) is 47.2 Å². The van der Waals surface area contributed by atoms with Crippen molar-refractivity contribution in [2.45, 2.75) is 32.9 Å². The fourth-order valence-electron chi connectivity index (χ4n) is 2.33. The Balaban J connectivity index is 1.84. The standard InChI is InChI=1S/C19H24ClN3O3/c1-4-13(2)21-19(25)22-18(24)12-23(3)11-16-9-10-17(26-16)14-5-7-15(20)8-6-14/h5-10,13H,4,11-12H2,1-3H3,(H2,21,22,24,25)/t13-/m0/s1. The quantitative estimate of drug-likeness (QED) is 0.772. The van der Waals surface area contributed by atoms with Gasteiger partial charge in [-0.15, -0.1) is 0 Å². The van der Waals surface area contributed by atoms with Crippen molar-refractivity contribution < 1.29 is 14.0 Å². The number of urea groups is 1.